The highest BCUT2D eigenvalue weighted by Gasteiger charge is 2.46. The SMILES string of the molecule is CC(C)N(C)c1cc2c(c(N3CC4CCC(C3)N4C(=O)OC(C)(C)C)n1)CN(C(=O)O)C2=O. The Morgan fingerprint density at radius 3 is 2.33 bits per heavy atom. The van der Waals surface area contributed by atoms with Crippen molar-refractivity contribution in [3.8, 4) is 0 Å². The lowest BCUT2D eigenvalue weighted by Gasteiger charge is -2.42. The molecule has 0 aliphatic carbocycles. The van der Waals surface area contributed by atoms with Gasteiger partial charge in [0, 0.05) is 31.7 Å². The van der Waals surface area contributed by atoms with Crippen LogP contribution in [0.25, 0.3) is 0 Å². The Bertz CT molecular complexity index is 974. The Hall–Kier alpha value is -3.04. The van der Waals surface area contributed by atoms with Crippen LogP contribution >= 0.6 is 0 Å². The maximum atomic E-state index is 12.8. The average Bonchev–Trinajstić information content (AvgIpc) is 3.19. The Balaban J connectivity index is 1.68. The lowest BCUT2D eigenvalue weighted by Crippen LogP contribution is -2.57. The maximum Gasteiger partial charge on any atom is 0.414 e. The average molecular weight is 460 g/mol. The van der Waals surface area contributed by atoms with Crippen LogP contribution in [-0.2, 0) is 11.3 Å². The van der Waals surface area contributed by atoms with E-state index in [2.05, 4.69) is 4.90 Å². The van der Waals surface area contributed by atoms with Crippen molar-refractivity contribution in [2.75, 3.05) is 29.9 Å². The molecular weight excluding hydrogens is 426 g/mol. The minimum Gasteiger partial charge on any atom is -0.465 e. The Labute approximate surface area is 194 Å². The van der Waals surface area contributed by atoms with E-state index in [9.17, 15) is 19.5 Å². The minimum atomic E-state index is -1.27. The first-order valence-electron chi connectivity index (χ1n) is 11.4. The summed E-state index contributed by atoms with van der Waals surface area (Å²) in [7, 11) is 1.90. The molecule has 3 aliphatic rings. The number of anilines is 2. The van der Waals surface area contributed by atoms with Gasteiger partial charge in [0.05, 0.1) is 24.2 Å². The van der Waals surface area contributed by atoms with Gasteiger partial charge in [-0.25, -0.2) is 19.5 Å². The molecule has 2 atom stereocenters. The molecule has 0 aromatic carbocycles. The molecule has 0 saturated carbocycles. The third kappa shape index (κ3) is 4.18. The van der Waals surface area contributed by atoms with Crippen LogP contribution in [0.4, 0.5) is 21.2 Å². The van der Waals surface area contributed by atoms with E-state index in [4.69, 9.17) is 9.72 Å². The number of aromatic nitrogens is 1. The van der Waals surface area contributed by atoms with Crippen LogP contribution in [0.1, 0.15) is 63.4 Å². The van der Waals surface area contributed by atoms with E-state index < -0.39 is 17.6 Å². The highest BCUT2D eigenvalue weighted by Crippen LogP contribution is 2.38. The topological polar surface area (TPSA) is 107 Å². The Kier molecular flexibility index (Phi) is 5.66. The van der Waals surface area contributed by atoms with Gasteiger partial charge < -0.3 is 19.6 Å². The number of carbonyl (C=O) groups excluding carboxylic acids is 2. The number of imide groups is 1. The zero-order chi connectivity index (χ0) is 24.2. The molecule has 0 spiro atoms. The van der Waals surface area contributed by atoms with Gasteiger partial charge in [0.25, 0.3) is 5.91 Å². The first-order chi connectivity index (χ1) is 15.4. The molecular formula is C23H33N5O5. The van der Waals surface area contributed by atoms with Crippen molar-refractivity contribution >= 4 is 29.7 Å². The number of rotatable bonds is 3. The van der Waals surface area contributed by atoms with Crippen molar-refractivity contribution < 1.29 is 24.2 Å². The van der Waals surface area contributed by atoms with Gasteiger partial charge in [0.15, 0.2) is 0 Å². The molecule has 2 saturated heterocycles. The number of piperazine rings is 1. The molecule has 2 unspecified atom stereocenters. The summed E-state index contributed by atoms with van der Waals surface area (Å²) in [5.41, 5.74) is 0.451. The number of hydrogen-bond acceptors (Lipinski definition) is 7. The van der Waals surface area contributed by atoms with Gasteiger partial charge in [-0.05, 0) is 53.5 Å². The number of ether oxygens (including phenoxy) is 1. The van der Waals surface area contributed by atoms with Gasteiger partial charge in [-0.2, -0.15) is 0 Å². The second kappa shape index (κ2) is 8.07. The molecule has 2 fully saturated rings. The zero-order valence-electron chi connectivity index (χ0n) is 20.2. The smallest absolute Gasteiger partial charge is 0.414 e. The van der Waals surface area contributed by atoms with Gasteiger partial charge >= 0.3 is 12.2 Å². The van der Waals surface area contributed by atoms with Gasteiger partial charge in [-0.15, -0.1) is 0 Å². The summed E-state index contributed by atoms with van der Waals surface area (Å²) in [4.78, 5) is 49.0. The number of pyridine rings is 1. The van der Waals surface area contributed by atoms with Crippen LogP contribution in [0.15, 0.2) is 6.07 Å². The third-order valence-corrected chi connectivity index (χ3v) is 6.63. The summed E-state index contributed by atoms with van der Waals surface area (Å²) in [6.45, 7) is 10.7. The third-order valence-electron chi connectivity index (χ3n) is 6.63. The van der Waals surface area contributed by atoms with Crippen LogP contribution in [-0.4, -0.2) is 81.8 Å². The predicted octanol–water partition coefficient (Wildman–Crippen LogP) is 3.15. The lowest BCUT2D eigenvalue weighted by atomic mass is 10.1. The lowest BCUT2D eigenvalue weighted by molar-refractivity contribution is 0.0122. The van der Waals surface area contributed by atoms with Gasteiger partial charge in [-0.3, -0.25) is 9.69 Å². The van der Waals surface area contributed by atoms with Crippen LogP contribution in [0.3, 0.4) is 0 Å². The standard InChI is InChI=1S/C23H33N5O5/c1-13(2)25(6)18-9-16-17(12-27(20(16)29)21(30)31)19(24-18)26-10-14-7-8-15(11-26)28(14)22(32)33-23(3,4)5/h9,13-15H,7-8,10-12H2,1-6H3,(H,30,31). The van der Waals surface area contributed by atoms with E-state index in [0.717, 1.165) is 17.7 Å². The highest BCUT2D eigenvalue weighted by molar-refractivity contribution is 6.07. The number of amides is 3. The quantitative estimate of drug-likeness (QED) is 0.735. The second-order valence-electron chi connectivity index (χ2n) is 10.4. The van der Waals surface area contributed by atoms with Crippen LogP contribution < -0.4 is 9.80 Å². The molecule has 3 amide bonds. The molecule has 0 radical (unpaired) electrons. The Morgan fingerprint density at radius 1 is 1.21 bits per heavy atom. The van der Waals surface area contributed by atoms with Gasteiger partial charge in [-0.1, -0.05) is 0 Å². The van der Waals surface area contributed by atoms with E-state index in [1.54, 1.807) is 6.07 Å². The summed E-state index contributed by atoms with van der Waals surface area (Å²) in [6.07, 6.45) is 0.173. The van der Waals surface area contributed by atoms with Gasteiger partial charge in [0.1, 0.15) is 17.2 Å². The minimum absolute atomic E-state index is 0.0148. The van der Waals surface area contributed by atoms with Crippen molar-refractivity contribution in [1.82, 2.24) is 14.8 Å². The predicted molar refractivity (Wildman–Crippen MR) is 123 cm³/mol. The summed E-state index contributed by atoms with van der Waals surface area (Å²) in [5.74, 6) is 0.740. The summed E-state index contributed by atoms with van der Waals surface area (Å²) >= 11 is 0. The van der Waals surface area contributed by atoms with Crippen molar-refractivity contribution in [3.05, 3.63) is 17.2 Å². The fourth-order valence-electron chi connectivity index (χ4n) is 4.82. The molecule has 1 N–H and O–H groups in total. The number of carbonyl (C=O) groups is 3. The van der Waals surface area contributed by atoms with E-state index in [1.807, 2.05) is 51.5 Å². The molecule has 33 heavy (non-hydrogen) atoms. The van der Waals surface area contributed by atoms with Gasteiger partial charge in [0.2, 0.25) is 0 Å². The normalized spacial score (nSPS) is 22.2. The fourth-order valence-corrected chi connectivity index (χ4v) is 4.82. The largest absolute Gasteiger partial charge is 0.465 e. The molecule has 10 nitrogen and oxygen atoms in total. The van der Waals surface area contributed by atoms with Crippen LogP contribution in [0, 0.1) is 0 Å². The molecule has 10 heteroatoms. The van der Waals surface area contributed by atoms with Crippen molar-refractivity contribution in [1.29, 1.82) is 0 Å². The summed E-state index contributed by atoms with van der Waals surface area (Å²) < 4.78 is 5.63. The number of nitrogens with zero attached hydrogens (tertiary/aromatic N) is 5. The fraction of sp³-hybridized carbons (Fsp3) is 0.652. The van der Waals surface area contributed by atoms with E-state index in [-0.39, 0.29) is 30.8 Å². The van der Waals surface area contributed by atoms with Crippen molar-refractivity contribution in [2.24, 2.45) is 0 Å². The molecule has 4 rings (SSSR count). The molecule has 2 bridgehead atoms. The second-order valence-corrected chi connectivity index (χ2v) is 10.4. The number of hydrogen-bond donors (Lipinski definition) is 1. The van der Waals surface area contributed by atoms with Crippen molar-refractivity contribution in [2.45, 2.75) is 77.7 Å². The molecule has 3 aliphatic heterocycles. The molecule has 1 aromatic rings. The van der Waals surface area contributed by atoms with Crippen LogP contribution in [0.5, 0.6) is 0 Å². The first-order valence-corrected chi connectivity index (χ1v) is 11.4. The Morgan fingerprint density at radius 2 is 1.82 bits per heavy atom. The van der Waals surface area contributed by atoms with E-state index in [1.165, 1.54) is 0 Å². The zero-order valence-corrected chi connectivity index (χ0v) is 20.2. The summed E-state index contributed by atoms with van der Waals surface area (Å²) in [6, 6.07) is 1.80. The number of fused-ring (bicyclic) bond motifs is 3. The van der Waals surface area contributed by atoms with E-state index in [0.29, 0.717) is 35.9 Å². The molecule has 180 valence electrons. The van der Waals surface area contributed by atoms with Crippen LogP contribution in [0.2, 0.25) is 0 Å². The molecule has 4 heterocycles. The highest BCUT2D eigenvalue weighted by atomic mass is 16.6. The first kappa shape index (κ1) is 23.1. The van der Waals surface area contributed by atoms with E-state index >= 15 is 0 Å². The number of carboxylic acid groups (broad SMARTS) is 1. The molecule has 1 aromatic heterocycles. The van der Waals surface area contributed by atoms with Crippen molar-refractivity contribution in [3.63, 3.8) is 0 Å². The summed E-state index contributed by atoms with van der Waals surface area (Å²) in [5, 5.41) is 9.51. The maximum absolute atomic E-state index is 12.8. The monoisotopic (exact) mass is 459 g/mol.